The van der Waals surface area contributed by atoms with Crippen LogP contribution in [0.3, 0.4) is 0 Å². The van der Waals surface area contributed by atoms with Crippen molar-refractivity contribution in [3.8, 4) is 17.0 Å². The molecule has 0 saturated carbocycles. The van der Waals surface area contributed by atoms with Gasteiger partial charge in [-0.1, -0.05) is 56.4 Å². The average molecular weight is 668 g/mol. The van der Waals surface area contributed by atoms with E-state index in [1.54, 1.807) is 0 Å². The molecule has 47 heavy (non-hydrogen) atoms. The fraction of sp³-hybridized carbons (Fsp3) is 0.457. The normalized spacial score (nSPS) is 17.9. The molecule has 4 aromatic rings. The van der Waals surface area contributed by atoms with Gasteiger partial charge >= 0.3 is 29.6 Å². The molecule has 242 valence electrons. The SMILES string of the molecule is CC(C)(C)C1CCc2nc3sc(C(=O)NC(CCN4CCC(C(=O)[O-])CC4)c4ccc(-c5cnc(O)c(F)c5)cc4)nc3cc2C1.[Na+]. The number of nitrogens with zero attached hydrogens (tertiary/aromatic N) is 4. The van der Waals surface area contributed by atoms with Crippen molar-refractivity contribution in [2.24, 2.45) is 17.3 Å². The van der Waals surface area contributed by atoms with Gasteiger partial charge in [0.05, 0.1) is 6.04 Å². The maximum atomic E-state index is 13.9. The smallest absolute Gasteiger partial charge is 0.550 e. The van der Waals surface area contributed by atoms with Crippen LogP contribution in [0.25, 0.3) is 21.5 Å². The van der Waals surface area contributed by atoms with Crippen molar-refractivity contribution in [1.29, 1.82) is 0 Å². The third kappa shape index (κ3) is 8.20. The van der Waals surface area contributed by atoms with Gasteiger partial charge in [-0.2, -0.15) is 0 Å². The molecule has 4 heterocycles. The number of hydrogen-bond acceptors (Lipinski definition) is 9. The maximum absolute atomic E-state index is 13.9. The number of carboxylic acids is 1. The number of piperidine rings is 1. The minimum absolute atomic E-state index is 0. The third-order valence-electron chi connectivity index (χ3n) is 9.60. The van der Waals surface area contributed by atoms with E-state index in [2.05, 4.69) is 42.0 Å². The number of halogens is 1. The van der Waals surface area contributed by atoms with Crippen LogP contribution in [0.1, 0.15) is 79.1 Å². The Morgan fingerprint density at radius 3 is 2.49 bits per heavy atom. The summed E-state index contributed by atoms with van der Waals surface area (Å²) >= 11 is 1.30. The molecular weight excluding hydrogens is 628 g/mol. The number of fused-ring (bicyclic) bond motifs is 2. The summed E-state index contributed by atoms with van der Waals surface area (Å²) in [5.41, 5.74) is 5.41. The summed E-state index contributed by atoms with van der Waals surface area (Å²) in [5.74, 6) is -2.56. The van der Waals surface area contributed by atoms with Gasteiger partial charge in [-0.15, -0.1) is 0 Å². The standard InChI is InChI=1S/C35H40FN5O4S.Na/c1-35(2,3)25-8-9-27-23(16-25)18-29-32(39-27)46-33(40-29)31(43)38-28(12-15-41-13-10-22(11-14-41)34(44)45)21-6-4-20(5-7-21)24-17-26(36)30(42)37-19-24;/h4-7,17-19,22,25,28H,8-16H2,1-3H3,(H,37,42)(H,38,43)(H,44,45);/q;+1/p-1. The zero-order valence-corrected chi connectivity index (χ0v) is 30.2. The molecule has 0 radical (unpaired) electrons. The number of amides is 1. The molecule has 0 bridgehead atoms. The first-order valence-electron chi connectivity index (χ1n) is 15.9. The number of aliphatic carboxylic acids is 1. The summed E-state index contributed by atoms with van der Waals surface area (Å²) in [6.07, 6.45) is 6.09. The molecule has 2 N–H and O–H groups in total. The Hall–Kier alpha value is -2.96. The van der Waals surface area contributed by atoms with Crippen LogP contribution in [-0.2, 0) is 17.6 Å². The van der Waals surface area contributed by atoms with E-state index in [9.17, 15) is 24.2 Å². The minimum Gasteiger partial charge on any atom is -0.550 e. The number of hydrogen-bond donors (Lipinski definition) is 2. The van der Waals surface area contributed by atoms with Crippen LogP contribution in [0, 0.1) is 23.1 Å². The summed E-state index contributed by atoms with van der Waals surface area (Å²) in [6.45, 7) is 8.82. The number of likely N-dealkylation sites (tertiary alicyclic amines) is 1. The molecule has 12 heteroatoms. The van der Waals surface area contributed by atoms with Crippen molar-refractivity contribution >= 4 is 33.6 Å². The molecule has 9 nitrogen and oxygen atoms in total. The van der Waals surface area contributed by atoms with Gasteiger partial charge in [-0.05, 0) is 91.8 Å². The van der Waals surface area contributed by atoms with Gasteiger partial charge in [0.1, 0.15) is 10.3 Å². The Morgan fingerprint density at radius 2 is 1.83 bits per heavy atom. The number of nitrogens with one attached hydrogen (secondary N) is 1. The fourth-order valence-electron chi connectivity index (χ4n) is 6.59. The second kappa shape index (κ2) is 14.7. The summed E-state index contributed by atoms with van der Waals surface area (Å²) in [4.78, 5) is 41.3. The second-order valence-electron chi connectivity index (χ2n) is 13.6. The summed E-state index contributed by atoms with van der Waals surface area (Å²) in [7, 11) is 0. The number of benzene rings is 1. The predicted octanol–water partition coefficient (Wildman–Crippen LogP) is 2.08. The maximum Gasteiger partial charge on any atom is 1.00 e. The van der Waals surface area contributed by atoms with Crippen LogP contribution in [0.5, 0.6) is 5.88 Å². The van der Waals surface area contributed by atoms with Crippen molar-refractivity contribution < 1.29 is 53.7 Å². The van der Waals surface area contributed by atoms with E-state index >= 15 is 0 Å². The van der Waals surface area contributed by atoms with E-state index in [4.69, 9.17) is 9.97 Å². The van der Waals surface area contributed by atoms with E-state index in [1.165, 1.54) is 29.2 Å². The quantitative estimate of drug-likeness (QED) is 0.273. The van der Waals surface area contributed by atoms with Gasteiger partial charge in [-0.25, -0.2) is 19.3 Å². The van der Waals surface area contributed by atoms with Crippen LogP contribution in [-0.4, -0.2) is 56.5 Å². The summed E-state index contributed by atoms with van der Waals surface area (Å²) in [6, 6.07) is 10.5. The average Bonchev–Trinajstić information content (AvgIpc) is 3.46. The molecule has 6 rings (SSSR count). The molecule has 1 amide bonds. The van der Waals surface area contributed by atoms with Gasteiger partial charge in [-0.3, -0.25) is 4.79 Å². The Labute approximate surface area is 300 Å². The van der Waals surface area contributed by atoms with Crippen molar-refractivity contribution in [2.45, 2.75) is 65.3 Å². The minimum atomic E-state index is -0.992. The molecule has 1 aliphatic carbocycles. The molecule has 2 atom stereocenters. The van der Waals surface area contributed by atoms with Crippen LogP contribution < -0.4 is 40.0 Å². The zero-order valence-electron chi connectivity index (χ0n) is 27.4. The molecule has 1 aromatic carbocycles. The number of pyridine rings is 2. The molecular formula is C35H39FN5NaO4S. The van der Waals surface area contributed by atoms with Gasteiger partial charge in [0, 0.05) is 35.9 Å². The zero-order chi connectivity index (χ0) is 32.6. The molecule has 1 aliphatic heterocycles. The largest absolute Gasteiger partial charge is 1.00 e. The van der Waals surface area contributed by atoms with Crippen molar-refractivity contribution in [2.75, 3.05) is 19.6 Å². The molecule has 2 aliphatic rings. The Kier molecular flexibility index (Phi) is 11.0. The number of carbonyl (C=O) groups excluding carboxylic acids is 2. The third-order valence-corrected chi connectivity index (χ3v) is 10.6. The van der Waals surface area contributed by atoms with Gasteiger partial charge in [0.2, 0.25) is 5.88 Å². The number of aromatic nitrogens is 3. The molecule has 3 aromatic heterocycles. The Morgan fingerprint density at radius 1 is 1.11 bits per heavy atom. The summed E-state index contributed by atoms with van der Waals surface area (Å²) < 4.78 is 13.9. The van der Waals surface area contributed by atoms with E-state index in [0.29, 0.717) is 55.4 Å². The number of carboxylic acid groups (broad SMARTS) is 1. The van der Waals surface area contributed by atoms with Gasteiger partial charge in [0.15, 0.2) is 10.8 Å². The number of thiazole rings is 1. The van der Waals surface area contributed by atoms with Crippen LogP contribution in [0.4, 0.5) is 4.39 Å². The Balaban J connectivity index is 0.00000433. The van der Waals surface area contributed by atoms with E-state index in [-0.39, 0.29) is 46.9 Å². The first kappa shape index (κ1) is 35.3. The number of aryl methyl sites for hydroxylation is 1. The first-order valence-corrected chi connectivity index (χ1v) is 16.7. The monoisotopic (exact) mass is 667 g/mol. The molecule has 1 saturated heterocycles. The number of aromatic hydroxyl groups is 1. The fourth-order valence-corrected chi connectivity index (χ4v) is 7.43. The van der Waals surface area contributed by atoms with Gasteiger partial charge < -0.3 is 25.2 Å². The van der Waals surface area contributed by atoms with E-state index in [0.717, 1.165) is 46.4 Å². The first-order chi connectivity index (χ1) is 21.9. The van der Waals surface area contributed by atoms with Gasteiger partial charge in [0.25, 0.3) is 5.91 Å². The second-order valence-corrected chi connectivity index (χ2v) is 14.6. The number of carbonyl (C=O) groups is 2. The number of rotatable bonds is 8. The van der Waals surface area contributed by atoms with E-state index < -0.39 is 23.6 Å². The van der Waals surface area contributed by atoms with E-state index in [1.807, 2.05) is 24.3 Å². The van der Waals surface area contributed by atoms with Crippen LogP contribution in [0.15, 0.2) is 42.6 Å². The molecule has 1 fully saturated rings. The summed E-state index contributed by atoms with van der Waals surface area (Å²) in [5, 5.41) is 24.3. The van der Waals surface area contributed by atoms with Crippen molar-refractivity contribution in [1.82, 2.24) is 25.2 Å². The van der Waals surface area contributed by atoms with Crippen LogP contribution >= 0.6 is 11.3 Å². The Bertz CT molecular complexity index is 1750. The van der Waals surface area contributed by atoms with Crippen molar-refractivity contribution in [3.63, 3.8) is 0 Å². The topological polar surface area (TPSA) is 131 Å². The predicted molar refractivity (Wildman–Crippen MR) is 173 cm³/mol. The molecule has 0 spiro atoms. The van der Waals surface area contributed by atoms with Crippen LogP contribution in [0.2, 0.25) is 0 Å². The molecule has 2 unspecified atom stereocenters. The van der Waals surface area contributed by atoms with Crippen molar-refractivity contribution in [3.05, 3.63) is 70.2 Å².